The number of likely N-dealkylation sites (tertiary alicyclic amines) is 1. The summed E-state index contributed by atoms with van der Waals surface area (Å²) in [5.41, 5.74) is 2.75. The van der Waals surface area contributed by atoms with Crippen molar-refractivity contribution >= 4 is 16.7 Å². The highest BCUT2D eigenvalue weighted by molar-refractivity contribution is 5.88. The molecule has 162 valence electrons. The number of rotatable bonds is 8. The minimum atomic E-state index is 0.138. The lowest BCUT2D eigenvalue weighted by Crippen LogP contribution is -2.44. The number of piperidine rings is 1. The smallest absolute Gasteiger partial charge is 0.220 e. The van der Waals surface area contributed by atoms with Gasteiger partial charge in [0.2, 0.25) is 5.91 Å². The minimum absolute atomic E-state index is 0.138. The highest BCUT2D eigenvalue weighted by Crippen LogP contribution is 2.25. The number of fused-ring (bicyclic) bond motifs is 1. The Hall–Kier alpha value is -2.85. The number of aryl methyl sites for hydroxylation is 1. The Kier molecular flexibility index (Phi) is 7.21. The van der Waals surface area contributed by atoms with E-state index in [0.717, 1.165) is 50.0 Å². The number of ether oxygens (including phenoxy) is 1. The molecule has 1 saturated heterocycles. The van der Waals surface area contributed by atoms with Gasteiger partial charge in [0.15, 0.2) is 0 Å². The van der Waals surface area contributed by atoms with Gasteiger partial charge in [0, 0.05) is 37.5 Å². The van der Waals surface area contributed by atoms with Crippen LogP contribution < -0.4 is 10.1 Å². The van der Waals surface area contributed by atoms with Crippen LogP contribution in [0.3, 0.4) is 0 Å². The largest absolute Gasteiger partial charge is 0.493 e. The fourth-order valence-electron chi connectivity index (χ4n) is 4.30. The number of hydrogen-bond acceptors (Lipinski definition) is 3. The third-order valence-corrected chi connectivity index (χ3v) is 6.16. The standard InChI is InChI=1S/C27H32N2O2/c1-21-8-2-3-10-23(21)20-29-17-15-24(16-18-29)28-27(30)14-7-19-31-26-13-6-11-22-9-4-5-12-25(22)26/h2-6,8-13,24H,7,14-20H2,1H3,(H,28,30). The van der Waals surface area contributed by atoms with E-state index in [2.05, 4.69) is 59.6 Å². The molecule has 0 aliphatic carbocycles. The molecule has 0 radical (unpaired) electrons. The van der Waals surface area contributed by atoms with Crippen LogP contribution in [0.2, 0.25) is 0 Å². The van der Waals surface area contributed by atoms with Crippen molar-refractivity contribution in [2.45, 2.75) is 45.2 Å². The summed E-state index contributed by atoms with van der Waals surface area (Å²) in [4.78, 5) is 14.9. The summed E-state index contributed by atoms with van der Waals surface area (Å²) in [5, 5.41) is 5.51. The van der Waals surface area contributed by atoms with Gasteiger partial charge in [0.05, 0.1) is 6.61 Å². The van der Waals surface area contributed by atoms with Gasteiger partial charge >= 0.3 is 0 Å². The molecule has 1 heterocycles. The van der Waals surface area contributed by atoms with E-state index in [1.807, 2.05) is 24.3 Å². The Morgan fingerprint density at radius 1 is 1.00 bits per heavy atom. The van der Waals surface area contributed by atoms with E-state index in [1.54, 1.807) is 0 Å². The Morgan fingerprint density at radius 2 is 1.74 bits per heavy atom. The summed E-state index contributed by atoms with van der Waals surface area (Å²) in [6, 6.07) is 23.2. The first kappa shape index (κ1) is 21.4. The van der Waals surface area contributed by atoms with Gasteiger partial charge < -0.3 is 10.1 Å². The topological polar surface area (TPSA) is 41.6 Å². The van der Waals surface area contributed by atoms with Gasteiger partial charge in [-0.05, 0) is 48.8 Å². The lowest BCUT2D eigenvalue weighted by molar-refractivity contribution is -0.122. The summed E-state index contributed by atoms with van der Waals surface area (Å²) < 4.78 is 5.95. The minimum Gasteiger partial charge on any atom is -0.493 e. The molecule has 1 amide bonds. The van der Waals surface area contributed by atoms with Crippen molar-refractivity contribution in [1.29, 1.82) is 0 Å². The molecule has 0 saturated carbocycles. The van der Waals surface area contributed by atoms with E-state index < -0.39 is 0 Å². The first-order valence-corrected chi connectivity index (χ1v) is 11.4. The predicted molar refractivity (Wildman–Crippen MR) is 126 cm³/mol. The van der Waals surface area contributed by atoms with Crippen molar-refractivity contribution < 1.29 is 9.53 Å². The quantitative estimate of drug-likeness (QED) is 0.520. The van der Waals surface area contributed by atoms with Crippen molar-refractivity contribution in [3.8, 4) is 5.75 Å². The molecular weight excluding hydrogens is 384 g/mol. The second kappa shape index (κ2) is 10.5. The maximum absolute atomic E-state index is 12.4. The Morgan fingerprint density at radius 3 is 2.58 bits per heavy atom. The highest BCUT2D eigenvalue weighted by Gasteiger charge is 2.20. The summed E-state index contributed by atoms with van der Waals surface area (Å²) in [6.07, 6.45) is 3.27. The average Bonchev–Trinajstić information content (AvgIpc) is 2.79. The van der Waals surface area contributed by atoms with Crippen molar-refractivity contribution in [2.24, 2.45) is 0 Å². The highest BCUT2D eigenvalue weighted by atomic mass is 16.5. The molecule has 1 aliphatic rings. The van der Waals surface area contributed by atoms with Crippen LogP contribution in [-0.2, 0) is 11.3 Å². The zero-order valence-corrected chi connectivity index (χ0v) is 18.3. The molecule has 3 aromatic carbocycles. The second-order valence-corrected chi connectivity index (χ2v) is 8.47. The van der Waals surface area contributed by atoms with Crippen LogP contribution in [0.5, 0.6) is 5.75 Å². The van der Waals surface area contributed by atoms with Crippen LogP contribution in [-0.4, -0.2) is 36.5 Å². The van der Waals surface area contributed by atoms with Gasteiger partial charge in [-0.2, -0.15) is 0 Å². The van der Waals surface area contributed by atoms with Crippen molar-refractivity contribution in [2.75, 3.05) is 19.7 Å². The molecule has 0 unspecified atom stereocenters. The summed E-state index contributed by atoms with van der Waals surface area (Å²) in [7, 11) is 0. The number of amides is 1. The molecule has 0 bridgehead atoms. The van der Waals surface area contributed by atoms with Crippen molar-refractivity contribution in [1.82, 2.24) is 10.2 Å². The molecule has 0 aromatic heterocycles. The van der Waals surface area contributed by atoms with Gasteiger partial charge in [0.25, 0.3) is 0 Å². The lowest BCUT2D eigenvalue weighted by atomic mass is 10.0. The van der Waals surface area contributed by atoms with Gasteiger partial charge in [-0.3, -0.25) is 9.69 Å². The van der Waals surface area contributed by atoms with Crippen LogP contribution in [0.25, 0.3) is 10.8 Å². The number of nitrogens with one attached hydrogen (secondary N) is 1. The summed E-state index contributed by atoms with van der Waals surface area (Å²) >= 11 is 0. The molecule has 4 rings (SSSR count). The van der Waals surface area contributed by atoms with Crippen molar-refractivity contribution in [3.05, 3.63) is 77.9 Å². The molecule has 1 fully saturated rings. The number of carbonyl (C=O) groups is 1. The van der Waals surface area contributed by atoms with Gasteiger partial charge in [-0.25, -0.2) is 0 Å². The maximum Gasteiger partial charge on any atom is 0.220 e. The van der Waals surface area contributed by atoms with E-state index >= 15 is 0 Å². The number of benzene rings is 3. The van der Waals surface area contributed by atoms with E-state index in [9.17, 15) is 4.79 Å². The number of nitrogens with zero attached hydrogens (tertiary/aromatic N) is 1. The fraction of sp³-hybridized carbons (Fsp3) is 0.370. The predicted octanol–water partition coefficient (Wildman–Crippen LogP) is 5.09. The van der Waals surface area contributed by atoms with Gasteiger partial charge in [-0.1, -0.05) is 60.7 Å². The fourth-order valence-corrected chi connectivity index (χ4v) is 4.30. The van der Waals surface area contributed by atoms with Crippen LogP contribution in [0.15, 0.2) is 66.7 Å². The zero-order chi connectivity index (χ0) is 21.5. The van der Waals surface area contributed by atoms with E-state index in [1.165, 1.54) is 16.5 Å². The van der Waals surface area contributed by atoms with Crippen LogP contribution in [0.1, 0.15) is 36.8 Å². The SMILES string of the molecule is Cc1ccccc1CN1CCC(NC(=O)CCCOc2cccc3ccccc23)CC1. The molecule has 3 aromatic rings. The van der Waals surface area contributed by atoms with E-state index in [0.29, 0.717) is 19.1 Å². The molecule has 31 heavy (non-hydrogen) atoms. The van der Waals surface area contributed by atoms with Crippen LogP contribution in [0.4, 0.5) is 0 Å². The third-order valence-electron chi connectivity index (χ3n) is 6.16. The molecular formula is C27H32N2O2. The Labute approximate surface area is 185 Å². The average molecular weight is 417 g/mol. The zero-order valence-electron chi connectivity index (χ0n) is 18.3. The number of hydrogen-bond donors (Lipinski definition) is 1. The second-order valence-electron chi connectivity index (χ2n) is 8.47. The first-order chi connectivity index (χ1) is 15.2. The van der Waals surface area contributed by atoms with Gasteiger partial charge in [-0.15, -0.1) is 0 Å². The molecule has 4 nitrogen and oxygen atoms in total. The Bertz CT molecular complexity index is 1000. The van der Waals surface area contributed by atoms with E-state index in [-0.39, 0.29) is 5.91 Å². The third kappa shape index (κ3) is 5.86. The van der Waals surface area contributed by atoms with Crippen LogP contribution in [0, 0.1) is 6.92 Å². The molecule has 0 spiro atoms. The molecule has 4 heteroatoms. The van der Waals surface area contributed by atoms with E-state index in [4.69, 9.17) is 4.74 Å². The normalized spacial score (nSPS) is 15.1. The number of carbonyl (C=O) groups excluding carboxylic acids is 1. The Balaban J connectivity index is 1.15. The first-order valence-electron chi connectivity index (χ1n) is 11.4. The van der Waals surface area contributed by atoms with Crippen molar-refractivity contribution in [3.63, 3.8) is 0 Å². The molecule has 1 N–H and O–H groups in total. The summed E-state index contributed by atoms with van der Waals surface area (Å²) in [6.45, 7) is 5.79. The molecule has 1 aliphatic heterocycles. The maximum atomic E-state index is 12.4. The monoisotopic (exact) mass is 416 g/mol. The van der Waals surface area contributed by atoms with Crippen LogP contribution >= 0.6 is 0 Å². The summed E-state index contributed by atoms with van der Waals surface area (Å²) in [5.74, 6) is 1.03. The van der Waals surface area contributed by atoms with Gasteiger partial charge in [0.1, 0.15) is 5.75 Å². The molecule has 0 atom stereocenters. The lowest BCUT2D eigenvalue weighted by Gasteiger charge is -2.32.